The minimum atomic E-state index is 0.643. The molecule has 1 N–H and O–H groups in total. The molecule has 1 aromatic heterocycles. The maximum Gasteiger partial charge on any atom is 0.134 e. The fraction of sp³-hybridized carbons (Fsp3) is 0.529. The zero-order chi connectivity index (χ0) is 13.9. The van der Waals surface area contributed by atoms with Crippen molar-refractivity contribution in [2.75, 3.05) is 20.1 Å². The van der Waals surface area contributed by atoms with Gasteiger partial charge in [-0.15, -0.1) is 0 Å². The predicted molar refractivity (Wildman–Crippen MR) is 83.0 cm³/mol. The van der Waals surface area contributed by atoms with Crippen LogP contribution >= 0.6 is 0 Å². The van der Waals surface area contributed by atoms with Gasteiger partial charge in [0.15, 0.2) is 0 Å². The second-order valence-corrected chi connectivity index (χ2v) is 5.81. The standard InChI is InChI=1S/C17H24N2O/c1-3-16-15(14-6-4-5-7-17(14)20-16)12-18-13-8-10-19(2)11-9-13/h4-7,13,18H,3,8-12H2,1-2H3. The molecule has 108 valence electrons. The fourth-order valence-electron chi connectivity index (χ4n) is 3.09. The molecule has 0 atom stereocenters. The van der Waals surface area contributed by atoms with Gasteiger partial charge in [-0.25, -0.2) is 0 Å². The molecule has 0 bridgehead atoms. The smallest absolute Gasteiger partial charge is 0.134 e. The Hall–Kier alpha value is -1.32. The van der Waals surface area contributed by atoms with Crippen LogP contribution in [-0.4, -0.2) is 31.1 Å². The molecule has 1 aliphatic rings. The Morgan fingerprint density at radius 2 is 2.00 bits per heavy atom. The number of nitrogens with one attached hydrogen (secondary N) is 1. The highest BCUT2D eigenvalue weighted by molar-refractivity contribution is 5.82. The Kier molecular flexibility index (Phi) is 4.08. The van der Waals surface area contributed by atoms with Crippen molar-refractivity contribution in [1.82, 2.24) is 10.2 Å². The zero-order valence-corrected chi connectivity index (χ0v) is 12.5. The molecule has 3 heteroatoms. The second kappa shape index (κ2) is 5.98. The quantitative estimate of drug-likeness (QED) is 0.926. The van der Waals surface area contributed by atoms with E-state index in [1.165, 1.54) is 36.9 Å². The van der Waals surface area contributed by atoms with E-state index in [-0.39, 0.29) is 0 Å². The van der Waals surface area contributed by atoms with Crippen LogP contribution in [0.5, 0.6) is 0 Å². The Morgan fingerprint density at radius 1 is 1.25 bits per heavy atom. The highest BCUT2D eigenvalue weighted by atomic mass is 16.3. The molecule has 0 aliphatic carbocycles. The lowest BCUT2D eigenvalue weighted by molar-refractivity contribution is 0.234. The van der Waals surface area contributed by atoms with Gasteiger partial charge in [-0.1, -0.05) is 25.1 Å². The number of likely N-dealkylation sites (tertiary alicyclic amines) is 1. The molecule has 3 nitrogen and oxygen atoms in total. The summed E-state index contributed by atoms with van der Waals surface area (Å²) in [4.78, 5) is 2.41. The predicted octanol–water partition coefficient (Wildman–Crippen LogP) is 3.18. The van der Waals surface area contributed by atoms with Gasteiger partial charge < -0.3 is 14.6 Å². The number of fused-ring (bicyclic) bond motifs is 1. The van der Waals surface area contributed by atoms with Gasteiger partial charge in [0.05, 0.1) is 0 Å². The van der Waals surface area contributed by atoms with E-state index >= 15 is 0 Å². The first-order chi connectivity index (χ1) is 9.78. The minimum Gasteiger partial charge on any atom is -0.461 e. The van der Waals surface area contributed by atoms with Crippen LogP contribution < -0.4 is 5.32 Å². The maximum atomic E-state index is 5.96. The summed E-state index contributed by atoms with van der Waals surface area (Å²) in [5, 5.41) is 4.99. The van der Waals surface area contributed by atoms with Gasteiger partial charge >= 0.3 is 0 Å². The average Bonchev–Trinajstić information content (AvgIpc) is 2.84. The third kappa shape index (κ3) is 2.74. The molecule has 1 aliphatic heterocycles. The first-order valence-electron chi connectivity index (χ1n) is 7.69. The normalized spacial score (nSPS) is 17.9. The fourth-order valence-corrected chi connectivity index (χ4v) is 3.09. The van der Waals surface area contributed by atoms with Crippen LogP contribution in [0.4, 0.5) is 0 Å². The Balaban J connectivity index is 1.73. The second-order valence-electron chi connectivity index (χ2n) is 5.81. The summed E-state index contributed by atoms with van der Waals surface area (Å²) in [6.45, 7) is 5.49. The largest absolute Gasteiger partial charge is 0.461 e. The third-order valence-electron chi connectivity index (χ3n) is 4.39. The summed E-state index contributed by atoms with van der Waals surface area (Å²) in [6, 6.07) is 9.01. The van der Waals surface area contributed by atoms with Crippen molar-refractivity contribution >= 4 is 11.0 Å². The van der Waals surface area contributed by atoms with Crippen LogP contribution in [0.25, 0.3) is 11.0 Å². The number of benzene rings is 1. The number of hydrogen-bond acceptors (Lipinski definition) is 3. The molecule has 1 aromatic carbocycles. The molecule has 0 radical (unpaired) electrons. The lowest BCUT2D eigenvalue weighted by atomic mass is 10.0. The number of aryl methyl sites for hydroxylation is 1. The molecular formula is C17H24N2O. The molecule has 2 heterocycles. The zero-order valence-electron chi connectivity index (χ0n) is 12.5. The SMILES string of the molecule is CCc1oc2ccccc2c1CNC1CCN(C)CC1. The summed E-state index contributed by atoms with van der Waals surface area (Å²) >= 11 is 0. The number of hydrogen-bond donors (Lipinski definition) is 1. The van der Waals surface area contributed by atoms with Crippen molar-refractivity contribution in [2.24, 2.45) is 0 Å². The van der Waals surface area contributed by atoms with Crippen LogP contribution in [-0.2, 0) is 13.0 Å². The summed E-state index contributed by atoms with van der Waals surface area (Å²) in [6.07, 6.45) is 3.45. The minimum absolute atomic E-state index is 0.643. The van der Waals surface area contributed by atoms with Crippen LogP contribution in [0, 0.1) is 0 Å². The number of para-hydroxylation sites is 1. The van der Waals surface area contributed by atoms with Crippen molar-refractivity contribution in [1.29, 1.82) is 0 Å². The molecule has 20 heavy (non-hydrogen) atoms. The van der Waals surface area contributed by atoms with Gasteiger partial charge in [-0.2, -0.15) is 0 Å². The van der Waals surface area contributed by atoms with E-state index in [0.717, 1.165) is 24.3 Å². The average molecular weight is 272 g/mol. The first-order valence-corrected chi connectivity index (χ1v) is 7.69. The van der Waals surface area contributed by atoms with Gasteiger partial charge in [-0.05, 0) is 39.0 Å². The third-order valence-corrected chi connectivity index (χ3v) is 4.39. The maximum absolute atomic E-state index is 5.96. The van der Waals surface area contributed by atoms with Gasteiger partial charge in [0.2, 0.25) is 0 Å². The highest BCUT2D eigenvalue weighted by Gasteiger charge is 2.18. The summed E-state index contributed by atoms with van der Waals surface area (Å²) < 4.78 is 5.96. The molecule has 0 amide bonds. The van der Waals surface area contributed by atoms with E-state index in [1.54, 1.807) is 0 Å². The van der Waals surface area contributed by atoms with E-state index in [4.69, 9.17) is 4.42 Å². The highest BCUT2D eigenvalue weighted by Crippen LogP contribution is 2.26. The van der Waals surface area contributed by atoms with E-state index in [2.05, 4.69) is 42.4 Å². The lowest BCUT2D eigenvalue weighted by Gasteiger charge is -2.29. The van der Waals surface area contributed by atoms with Gasteiger partial charge in [0.25, 0.3) is 0 Å². The molecule has 1 fully saturated rings. The number of furan rings is 1. The van der Waals surface area contributed by atoms with Crippen LogP contribution in [0.1, 0.15) is 31.1 Å². The van der Waals surface area contributed by atoms with E-state index in [1.807, 2.05) is 6.07 Å². The van der Waals surface area contributed by atoms with Crippen LogP contribution in [0.15, 0.2) is 28.7 Å². The van der Waals surface area contributed by atoms with E-state index in [9.17, 15) is 0 Å². The first kappa shape index (κ1) is 13.7. The molecule has 0 unspecified atom stereocenters. The monoisotopic (exact) mass is 272 g/mol. The summed E-state index contributed by atoms with van der Waals surface area (Å²) in [5.41, 5.74) is 2.37. The van der Waals surface area contributed by atoms with Crippen molar-refractivity contribution < 1.29 is 4.42 Å². The van der Waals surface area contributed by atoms with Gasteiger partial charge in [0.1, 0.15) is 11.3 Å². The molecule has 1 saturated heterocycles. The lowest BCUT2D eigenvalue weighted by Crippen LogP contribution is -2.40. The Labute approximate surface area is 120 Å². The van der Waals surface area contributed by atoms with Gasteiger partial charge in [0, 0.05) is 30.0 Å². The Morgan fingerprint density at radius 3 is 2.75 bits per heavy atom. The van der Waals surface area contributed by atoms with Crippen LogP contribution in [0.3, 0.4) is 0 Å². The van der Waals surface area contributed by atoms with Crippen molar-refractivity contribution in [2.45, 2.75) is 38.8 Å². The molecule has 3 rings (SSSR count). The summed E-state index contributed by atoms with van der Waals surface area (Å²) in [5.74, 6) is 1.13. The van der Waals surface area contributed by atoms with Gasteiger partial charge in [-0.3, -0.25) is 0 Å². The molecule has 2 aromatic rings. The molecule has 0 saturated carbocycles. The number of piperidine rings is 1. The molecular weight excluding hydrogens is 248 g/mol. The Bertz CT molecular complexity index is 567. The van der Waals surface area contributed by atoms with Crippen molar-refractivity contribution in [3.05, 3.63) is 35.6 Å². The number of nitrogens with zero attached hydrogens (tertiary/aromatic N) is 1. The van der Waals surface area contributed by atoms with Crippen molar-refractivity contribution in [3.8, 4) is 0 Å². The summed E-state index contributed by atoms with van der Waals surface area (Å²) in [7, 11) is 2.20. The van der Waals surface area contributed by atoms with E-state index < -0.39 is 0 Å². The van der Waals surface area contributed by atoms with E-state index in [0.29, 0.717) is 6.04 Å². The topological polar surface area (TPSA) is 28.4 Å². The van der Waals surface area contributed by atoms with Crippen LogP contribution in [0.2, 0.25) is 0 Å². The number of rotatable bonds is 4. The van der Waals surface area contributed by atoms with Crippen molar-refractivity contribution in [3.63, 3.8) is 0 Å². The molecule has 0 spiro atoms.